The Labute approximate surface area is 183 Å². The van der Waals surface area contributed by atoms with Gasteiger partial charge in [-0.1, -0.05) is 13.8 Å². The predicted octanol–water partition coefficient (Wildman–Crippen LogP) is 4.41. The zero-order valence-electron chi connectivity index (χ0n) is 16.9. The number of ether oxygens (including phenoxy) is 1. The smallest absolute Gasteiger partial charge is 0.382 e. The molecule has 1 saturated heterocycles. The van der Waals surface area contributed by atoms with Crippen LogP contribution in [0.25, 0.3) is 0 Å². The summed E-state index contributed by atoms with van der Waals surface area (Å²) in [6.45, 7) is 6.23. The Hall–Kier alpha value is 0.299. The fraction of sp³-hybridized carbons (Fsp3) is 0.500. The van der Waals surface area contributed by atoms with Gasteiger partial charge in [0.05, 0.1) is 18.4 Å². The van der Waals surface area contributed by atoms with Gasteiger partial charge in [0.1, 0.15) is 0 Å². The second-order valence-corrected chi connectivity index (χ2v) is 7.66. The molecule has 1 heterocycles. The summed E-state index contributed by atoms with van der Waals surface area (Å²) in [5.41, 5.74) is 1.23. The summed E-state index contributed by atoms with van der Waals surface area (Å²) in [4.78, 5) is 0. The van der Waals surface area contributed by atoms with Crippen molar-refractivity contribution in [1.29, 1.82) is 0 Å². The first-order valence-corrected chi connectivity index (χ1v) is 10.8. The van der Waals surface area contributed by atoms with Gasteiger partial charge < -0.3 is 4.74 Å². The van der Waals surface area contributed by atoms with E-state index in [1.165, 1.54) is 30.4 Å². The molecule has 0 aromatic rings. The molecule has 3 aliphatic rings. The van der Waals surface area contributed by atoms with Crippen LogP contribution in [0.2, 0.25) is 0 Å². The zero-order valence-corrected chi connectivity index (χ0v) is 18.8. The third-order valence-electron chi connectivity index (χ3n) is 4.77. The van der Waals surface area contributed by atoms with Crippen LogP contribution >= 0.6 is 11.8 Å². The molecule has 0 spiro atoms. The summed E-state index contributed by atoms with van der Waals surface area (Å²) in [5.74, 6) is 2.63. The van der Waals surface area contributed by atoms with E-state index in [0.29, 0.717) is 11.3 Å². The van der Waals surface area contributed by atoms with Crippen molar-refractivity contribution in [3.63, 3.8) is 0 Å². The van der Waals surface area contributed by atoms with Gasteiger partial charge in [-0.05, 0) is 82.8 Å². The second kappa shape index (κ2) is 14.3. The van der Waals surface area contributed by atoms with Crippen LogP contribution in [0, 0.1) is 63.2 Å². The first-order valence-electron chi connectivity index (χ1n) is 9.47. The van der Waals surface area contributed by atoms with E-state index in [9.17, 15) is 0 Å². The standard InChI is InChI=1S/C17H27N2OS.C5H5.Fe/c1-5-16(21-4)17(15-10-6-8-13(15)2)18-19-11-7-9-14(19)12-20-3;1-2-4-5-3-1;/h6,8,10,14,16H,5,7,9,11-12H2,1-4H3;1-5H;/q;;+2/b18-17+;;/t14-,16+;;/m0../s1. The third-order valence-corrected chi connectivity index (χ3v) is 5.89. The summed E-state index contributed by atoms with van der Waals surface area (Å²) < 4.78 is 5.35. The molecule has 2 saturated carbocycles. The first-order chi connectivity index (χ1) is 12.7. The number of hydrogen-bond acceptors (Lipinski definition) is 4. The fourth-order valence-corrected chi connectivity index (χ4v) is 4.06. The summed E-state index contributed by atoms with van der Waals surface area (Å²) in [6, 6.07) is 0.430. The van der Waals surface area contributed by atoms with Gasteiger partial charge in [0.25, 0.3) is 0 Å². The van der Waals surface area contributed by atoms with Crippen molar-refractivity contribution in [2.75, 3.05) is 26.5 Å². The Morgan fingerprint density at radius 2 is 1.89 bits per heavy atom. The van der Waals surface area contributed by atoms with Crippen LogP contribution in [0.15, 0.2) is 5.10 Å². The van der Waals surface area contributed by atoms with Gasteiger partial charge >= 0.3 is 17.1 Å². The molecule has 0 unspecified atom stereocenters. The van der Waals surface area contributed by atoms with Crippen LogP contribution in [0.1, 0.15) is 33.1 Å². The molecule has 3 fully saturated rings. The SMILES string of the molecule is CC[C@@H](SC)/C(=N/N1CCC[C@H]1COC)[C]1[CH][CH][CH][C]1C.[CH]1[CH][CH][CH][CH]1.[Fe+2]. The molecule has 0 aromatic heterocycles. The van der Waals surface area contributed by atoms with Crippen LogP contribution in [0.4, 0.5) is 0 Å². The monoisotopic (exact) mass is 428 g/mol. The Morgan fingerprint density at radius 1 is 1.22 bits per heavy atom. The van der Waals surface area contributed by atoms with Gasteiger partial charge in [0, 0.05) is 24.8 Å². The van der Waals surface area contributed by atoms with E-state index in [4.69, 9.17) is 9.84 Å². The number of methoxy groups -OCH3 is 1. The van der Waals surface area contributed by atoms with Gasteiger partial charge in [-0.25, -0.2) is 0 Å². The maximum Gasteiger partial charge on any atom is 2.00 e. The summed E-state index contributed by atoms with van der Waals surface area (Å²) in [5, 5.41) is 7.78. The van der Waals surface area contributed by atoms with Crippen LogP contribution < -0.4 is 0 Å². The van der Waals surface area contributed by atoms with E-state index in [1.54, 1.807) is 7.11 Å². The Kier molecular flexibility index (Phi) is 13.4. The molecule has 2 atom stereocenters. The molecule has 148 valence electrons. The van der Waals surface area contributed by atoms with Crippen LogP contribution in [-0.4, -0.2) is 48.5 Å². The number of thioether (sulfide) groups is 1. The van der Waals surface area contributed by atoms with Crippen LogP contribution in [0.5, 0.6) is 0 Å². The average molecular weight is 428 g/mol. The quantitative estimate of drug-likeness (QED) is 0.444. The molecule has 0 N–H and O–H groups in total. The molecule has 27 heavy (non-hydrogen) atoms. The number of hydrazone groups is 1. The van der Waals surface area contributed by atoms with E-state index in [-0.39, 0.29) is 17.1 Å². The van der Waals surface area contributed by atoms with Gasteiger partial charge in [-0.3, -0.25) is 5.01 Å². The molecule has 5 heteroatoms. The summed E-state index contributed by atoms with van der Waals surface area (Å²) in [6.07, 6.45) is 22.2. The molecule has 2 aliphatic carbocycles. The molecule has 0 bridgehead atoms. The van der Waals surface area contributed by atoms with Crippen molar-refractivity contribution in [3.8, 4) is 0 Å². The van der Waals surface area contributed by atoms with Crippen molar-refractivity contribution in [1.82, 2.24) is 5.01 Å². The zero-order chi connectivity index (χ0) is 18.8. The minimum atomic E-state index is 0. The van der Waals surface area contributed by atoms with Gasteiger partial charge in [-0.15, -0.1) is 0 Å². The van der Waals surface area contributed by atoms with Crippen molar-refractivity contribution < 1.29 is 21.8 Å². The van der Waals surface area contributed by atoms with E-state index in [2.05, 4.69) is 44.4 Å². The summed E-state index contributed by atoms with van der Waals surface area (Å²) in [7, 11) is 1.78. The number of hydrogen-bond donors (Lipinski definition) is 0. The van der Waals surface area contributed by atoms with E-state index in [0.717, 1.165) is 19.6 Å². The average Bonchev–Trinajstić information content (AvgIpc) is 3.40. The van der Waals surface area contributed by atoms with Crippen molar-refractivity contribution in [3.05, 3.63) is 63.2 Å². The van der Waals surface area contributed by atoms with Crippen molar-refractivity contribution >= 4 is 17.5 Å². The molecule has 3 rings (SSSR count). The molecular weight excluding hydrogens is 396 g/mol. The molecule has 0 amide bonds. The van der Waals surface area contributed by atoms with E-state index < -0.39 is 0 Å². The summed E-state index contributed by atoms with van der Waals surface area (Å²) >= 11 is 1.89. The first kappa shape index (κ1) is 25.3. The number of rotatable bonds is 7. The second-order valence-electron chi connectivity index (χ2n) is 6.62. The normalized spacial score (nSPS) is 25.3. The topological polar surface area (TPSA) is 24.8 Å². The molecule has 0 aromatic carbocycles. The fourth-order valence-electron chi connectivity index (χ4n) is 3.33. The number of nitrogens with zero attached hydrogens (tertiary/aromatic N) is 2. The van der Waals surface area contributed by atoms with Crippen LogP contribution in [-0.2, 0) is 21.8 Å². The van der Waals surface area contributed by atoms with E-state index in [1.807, 2.05) is 43.9 Å². The van der Waals surface area contributed by atoms with Crippen molar-refractivity contribution in [2.24, 2.45) is 5.10 Å². The Balaban J connectivity index is 0.000000526. The van der Waals surface area contributed by atoms with Crippen LogP contribution in [0.3, 0.4) is 0 Å². The third kappa shape index (κ3) is 7.91. The Morgan fingerprint density at radius 3 is 2.37 bits per heavy atom. The van der Waals surface area contributed by atoms with Crippen molar-refractivity contribution in [2.45, 2.75) is 44.4 Å². The van der Waals surface area contributed by atoms with Gasteiger partial charge in [0.15, 0.2) is 0 Å². The minimum absolute atomic E-state index is 0. The van der Waals surface area contributed by atoms with E-state index >= 15 is 0 Å². The van der Waals surface area contributed by atoms with Gasteiger partial charge in [0.2, 0.25) is 0 Å². The maximum absolute atomic E-state index is 5.35. The predicted molar refractivity (Wildman–Crippen MR) is 113 cm³/mol. The van der Waals surface area contributed by atoms with Gasteiger partial charge in [-0.2, -0.15) is 16.9 Å². The minimum Gasteiger partial charge on any atom is -0.382 e. The molecule has 10 radical (unpaired) electrons. The largest absolute Gasteiger partial charge is 2.00 e. The molecule has 1 aliphatic heterocycles. The molecule has 3 nitrogen and oxygen atoms in total. The Bertz CT molecular complexity index is 406. The molecular formula is C22H32FeN2OS+2. The maximum atomic E-state index is 5.35.